The van der Waals surface area contributed by atoms with Crippen molar-refractivity contribution < 1.29 is 14.3 Å². The zero-order valence-electron chi connectivity index (χ0n) is 10.6. The van der Waals surface area contributed by atoms with Crippen LogP contribution in [-0.4, -0.2) is 25.3 Å². The number of rotatable bonds is 4. The van der Waals surface area contributed by atoms with Crippen molar-refractivity contribution in [3.05, 3.63) is 23.8 Å². The highest BCUT2D eigenvalue weighted by Crippen LogP contribution is 2.24. The van der Waals surface area contributed by atoms with E-state index in [4.69, 9.17) is 4.74 Å². The molecule has 0 radical (unpaired) electrons. The van der Waals surface area contributed by atoms with Gasteiger partial charge in [-0.1, -0.05) is 0 Å². The molecule has 0 fully saturated rings. The third-order valence-corrected chi connectivity index (χ3v) is 2.45. The molecule has 0 aliphatic heterocycles. The van der Waals surface area contributed by atoms with Gasteiger partial charge in [-0.2, -0.15) is 0 Å². The first-order valence-corrected chi connectivity index (χ1v) is 5.49. The molecule has 1 amide bonds. The van der Waals surface area contributed by atoms with E-state index in [9.17, 15) is 9.59 Å². The lowest BCUT2D eigenvalue weighted by Crippen LogP contribution is -2.31. The predicted molar refractivity (Wildman–Crippen MR) is 66.4 cm³/mol. The van der Waals surface area contributed by atoms with Gasteiger partial charge < -0.3 is 9.64 Å². The Morgan fingerprint density at radius 1 is 1.35 bits per heavy atom. The summed E-state index contributed by atoms with van der Waals surface area (Å²) in [6.45, 7) is 5.68. The second kappa shape index (κ2) is 5.48. The van der Waals surface area contributed by atoms with Gasteiger partial charge in [0.15, 0.2) is 0 Å². The second-order valence-corrected chi connectivity index (χ2v) is 3.80. The molecule has 0 N–H and O–H groups in total. The molecular formula is C13H17NO3. The monoisotopic (exact) mass is 235 g/mol. The predicted octanol–water partition coefficient (Wildman–Crippen LogP) is 1.95. The Kier molecular flexibility index (Phi) is 4.26. The first-order chi connectivity index (χ1) is 7.97. The molecule has 4 nitrogen and oxygen atoms in total. The van der Waals surface area contributed by atoms with E-state index in [1.54, 1.807) is 19.2 Å². The highest BCUT2D eigenvalue weighted by atomic mass is 16.5. The Morgan fingerprint density at radius 3 is 2.47 bits per heavy atom. The minimum Gasteiger partial charge on any atom is -0.494 e. The number of amides is 1. The Hall–Kier alpha value is -1.84. The van der Waals surface area contributed by atoms with Gasteiger partial charge in [-0.15, -0.1) is 0 Å². The number of benzene rings is 1. The molecular weight excluding hydrogens is 218 g/mol. The van der Waals surface area contributed by atoms with Crippen LogP contribution in [0, 0.1) is 6.92 Å². The summed E-state index contributed by atoms with van der Waals surface area (Å²) in [4.78, 5) is 23.8. The summed E-state index contributed by atoms with van der Waals surface area (Å²) in [5.74, 6) is -0.201. The second-order valence-electron chi connectivity index (χ2n) is 3.80. The number of aryl methyl sites for hydroxylation is 1. The first-order valence-electron chi connectivity index (χ1n) is 5.49. The fourth-order valence-electron chi connectivity index (χ4n) is 1.51. The van der Waals surface area contributed by atoms with Crippen LogP contribution in [0.25, 0.3) is 0 Å². The van der Waals surface area contributed by atoms with Crippen molar-refractivity contribution in [1.82, 2.24) is 0 Å². The maximum atomic E-state index is 11.5. The molecule has 0 aliphatic rings. The molecule has 0 spiro atoms. The maximum absolute atomic E-state index is 11.5. The molecule has 1 aromatic rings. The number of nitrogens with zero attached hydrogens (tertiary/aromatic N) is 1. The fourth-order valence-corrected chi connectivity index (χ4v) is 1.51. The van der Waals surface area contributed by atoms with Gasteiger partial charge in [-0.05, 0) is 37.6 Å². The topological polar surface area (TPSA) is 46.6 Å². The van der Waals surface area contributed by atoms with E-state index < -0.39 is 11.7 Å². The normalized spacial score (nSPS) is 9.88. The van der Waals surface area contributed by atoms with Crippen LogP contribution in [0.3, 0.4) is 0 Å². The number of ether oxygens (including phenoxy) is 1. The van der Waals surface area contributed by atoms with Gasteiger partial charge in [0, 0.05) is 19.7 Å². The largest absolute Gasteiger partial charge is 0.494 e. The van der Waals surface area contributed by atoms with Gasteiger partial charge >= 0.3 is 0 Å². The number of likely N-dealkylation sites (N-methyl/N-ethyl adjacent to an activating group) is 1. The van der Waals surface area contributed by atoms with Gasteiger partial charge in [0.25, 0.3) is 5.91 Å². The van der Waals surface area contributed by atoms with Crippen molar-refractivity contribution in [2.75, 3.05) is 18.6 Å². The standard InChI is InChI=1S/C13H17NO3/c1-5-17-12-7-6-11(8-9(12)2)14(4)13(16)10(3)15/h6-8H,5H2,1-4H3. The molecule has 0 aromatic heterocycles. The van der Waals surface area contributed by atoms with E-state index in [0.29, 0.717) is 12.3 Å². The summed E-state index contributed by atoms with van der Waals surface area (Å²) in [6.07, 6.45) is 0. The Morgan fingerprint density at radius 2 is 2.00 bits per heavy atom. The van der Waals surface area contributed by atoms with Crippen LogP contribution in [0.2, 0.25) is 0 Å². The number of hydrogen-bond acceptors (Lipinski definition) is 3. The molecule has 1 aromatic carbocycles. The lowest BCUT2D eigenvalue weighted by molar-refractivity contribution is -0.134. The van der Waals surface area contributed by atoms with Crippen LogP contribution in [0.1, 0.15) is 19.4 Å². The SMILES string of the molecule is CCOc1ccc(N(C)C(=O)C(C)=O)cc1C. The Bertz CT molecular complexity index is 440. The van der Waals surface area contributed by atoms with Gasteiger partial charge in [-0.3, -0.25) is 9.59 Å². The lowest BCUT2D eigenvalue weighted by Gasteiger charge is -2.17. The maximum Gasteiger partial charge on any atom is 0.293 e. The number of anilines is 1. The van der Waals surface area contributed by atoms with Crippen molar-refractivity contribution in [1.29, 1.82) is 0 Å². The average molecular weight is 235 g/mol. The van der Waals surface area contributed by atoms with Gasteiger partial charge in [0.05, 0.1) is 6.61 Å². The van der Waals surface area contributed by atoms with E-state index in [0.717, 1.165) is 11.3 Å². The molecule has 0 aliphatic carbocycles. The van der Waals surface area contributed by atoms with E-state index in [1.165, 1.54) is 11.8 Å². The van der Waals surface area contributed by atoms with E-state index in [-0.39, 0.29) is 0 Å². The molecule has 0 unspecified atom stereocenters. The van der Waals surface area contributed by atoms with Crippen LogP contribution in [0.4, 0.5) is 5.69 Å². The highest BCUT2D eigenvalue weighted by molar-refractivity contribution is 6.40. The third kappa shape index (κ3) is 3.06. The zero-order valence-corrected chi connectivity index (χ0v) is 10.6. The van der Waals surface area contributed by atoms with Gasteiger partial charge in [0.2, 0.25) is 5.78 Å². The Labute approximate surface area is 101 Å². The quantitative estimate of drug-likeness (QED) is 0.749. The first kappa shape index (κ1) is 13.2. The summed E-state index contributed by atoms with van der Waals surface area (Å²) in [5.41, 5.74) is 1.62. The minimum absolute atomic E-state index is 0.473. The molecule has 0 saturated carbocycles. The number of carbonyl (C=O) groups is 2. The third-order valence-electron chi connectivity index (χ3n) is 2.45. The van der Waals surface area contributed by atoms with E-state index >= 15 is 0 Å². The summed E-state index contributed by atoms with van der Waals surface area (Å²) in [6, 6.07) is 5.39. The van der Waals surface area contributed by atoms with Crippen molar-refractivity contribution >= 4 is 17.4 Å². The summed E-state index contributed by atoms with van der Waals surface area (Å²) >= 11 is 0. The van der Waals surface area contributed by atoms with Crippen molar-refractivity contribution in [2.45, 2.75) is 20.8 Å². The summed E-state index contributed by atoms with van der Waals surface area (Å²) in [5, 5.41) is 0. The number of ketones is 1. The molecule has 17 heavy (non-hydrogen) atoms. The molecule has 0 heterocycles. The average Bonchev–Trinajstić information content (AvgIpc) is 2.30. The number of carbonyl (C=O) groups excluding carboxylic acids is 2. The van der Waals surface area contributed by atoms with E-state index in [1.807, 2.05) is 19.9 Å². The fraction of sp³-hybridized carbons (Fsp3) is 0.385. The molecule has 0 bridgehead atoms. The smallest absolute Gasteiger partial charge is 0.293 e. The van der Waals surface area contributed by atoms with Crippen LogP contribution < -0.4 is 9.64 Å². The molecule has 92 valence electrons. The van der Waals surface area contributed by atoms with Gasteiger partial charge in [-0.25, -0.2) is 0 Å². The van der Waals surface area contributed by atoms with Crippen LogP contribution in [0.15, 0.2) is 18.2 Å². The van der Waals surface area contributed by atoms with Crippen molar-refractivity contribution in [3.63, 3.8) is 0 Å². The van der Waals surface area contributed by atoms with Crippen molar-refractivity contribution in [3.8, 4) is 5.75 Å². The molecule has 4 heteroatoms. The molecule has 0 saturated heterocycles. The Balaban J connectivity index is 2.97. The zero-order chi connectivity index (χ0) is 13.0. The lowest BCUT2D eigenvalue weighted by atomic mass is 10.2. The van der Waals surface area contributed by atoms with Crippen LogP contribution >= 0.6 is 0 Å². The van der Waals surface area contributed by atoms with E-state index in [2.05, 4.69) is 0 Å². The molecule has 1 rings (SSSR count). The van der Waals surface area contributed by atoms with Crippen LogP contribution in [0.5, 0.6) is 5.75 Å². The summed E-state index contributed by atoms with van der Waals surface area (Å²) < 4.78 is 5.41. The van der Waals surface area contributed by atoms with Crippen LogP contribution in [-0.2, 0) is 9.59 Å². The van der Waals surface area contributed by atoms with Gasteiger partial charge in [0.1, 0.15) is 5.75 Å². The molecule has 0 atom stereocenters. The minimum atomic E-state index is -0.520. The highest BCUT2D eigenvalue weighted by Gasteiger charge is 2.16. The summed E-state index contributed by atoms with van der Waals surface area (Å²) in [7, 11) is 1.58. The van der Waals surface area contributed by atoms with Crippen molar-refractivity contribution in [2.24, 2.45) is 0 Å². The number of Topliss-reactive ketones (excluding diaryl/α,β-unsaturated/α-hetero) is 1. The number of hydrogen-bond donors (Lipinski definition) is 0.